The Labute approximate surface area is 126 Å². The molecule has 0 fully saturated rings. The predicted molar refractivity (Wildman–Crippen MR) is 81.8 cm³/mol. The SMILES string of the molecule is C[C@H]1CC(=O)CC(=O)/C=C/C[C@@H](OCc2ccccc2)C1. The number of allylic oxidation sites excluding steroid dienone is 1. The Balaban J connectivity index is 1.96. The molecule has 0 aliphatic heterocycles. The number of rotatable bonds is 3. The Hall–Kier alpha value is -1.74. The molecule has 0 unspecified atom stereocenters. The van der Waals surface area contributed by atoms with Crippen molar-refractivity contribution in [3.05, 3.63) is 48.0 Å². The molecule has 21 heavy (non-hydrogen) atoms. The van der Waals surface area contributed by atoms with Crippen molar-refractivity contribution in [3.63, 3.8) is 0 Å². The summed E-state index contributed by atoms with van der Waals surface area (Å²) in [6.07, 6.45) is 5.47. The minimum absolute atomic E-state index is 0.0286. The summed E-state index contributed by atoms with van der Waals surface area (Å²) in [5.41, 5.74) is 1.14. The first-order chi connectivity index (χ1) is 10.1. The zero-order valence-corrected chi connectivity index (χ0v) is 12.5. The fraction of sp³-hybridized carbons (Fsp3) is 0.444. The molecule has 0 amide bonds. The smallest absolute Gasteiger partial charge is 0.162 e. The second-order valence-electron chi connectivity index (χ2n) is 5.78. The van der Waals surface area contributed by atoms with Crippen LogP contribution in [0.3, 0.4) is 0 Å². The summed E-state index contributed by atoms with van der Waals surface area (Å²) in [7, 11) is 0. The summed E-state index contributed by atoms with van der Waals surface area (Å²) < 4.78 is 5.97. The van der Waals surface area contributed by atoms with Crippen molar-refractivity contribution < 1.29 is 14.3 Å². The van der Waals surface area contributed by atoms with Gasteiger partial charge in [0.1, 0.15) is 5.78 Å². The average Bonchev–Trinajstić information content (AvgIpc) is 2.44. The maximum absolute atomic E-state index is 11.7. The third kappa shape index (κ3) is 5.64. The number of benzene rings is 1. The normalized spacial score (nSPS) is 25.6. The number of Topliss-reactive ketones (excluding diaryl/α,β-unsaturated/α-hetero) is 1. The van der Waals surface area contributed by atoms with E-state index in [4.69, 9.17) is 4.74 Å². The molecule has 1 aromatic rings. The number of carbonyl (C=O) groups excluding carboxylic acids is 2. The molecule has 1 aromatic carbocycles. The number of ether oxygens (including phenoxy) is 1. The van der Waals surface area contributed by atoms with Crippen LogP contribution in [0.1, 0.15) is 38.2 Å². The lowest BCUT2D eigenvalue weighted by molar-refractivity contribution is -0.125. The largest absolute Gasteiger partial charge is 0.373 e. The van der Waals surface area contributed by atoms with E-state index in [1.807, 2.05) is 43.3 Å². The van der Waals surface area contributed by atoms with Crippen LogP contribution in [0.5, 0.6) is 0 Å². The molecule has 3 nitrogen and oxygen atoms in total. The summed E-state index contributed by atoms with van der Waals surface area (Å²) in [6.45, 7) is 2.61. The Morgan fingerprint density at radius 1 is 1.19 bits per heavy atom. The van der Waals surface area contributed by atoms with Crippen LogP contribution in [0.15, 0.2) is 42.5 Å². The Morgan fingerprint density at radius 2 is 1.95 bits per heavy atom. The molecule has 0 radical (unpaired) electrons. The zero-order valence-electron chi connectivity index (χ0n) is 12.5. The lowest BCUT2D eigenvalue weighted by Gasteiger charge is -2.21. The van der Waals surface area contributed by atoms with Gasteiger partial charge in [0.25, 0.3) is 0 Å². The van der Waals surface area contributed by atoms with Gasteiger partial charge < -0.3 is 4.74 Å². The van der Waals surface area contributed by atoms with Crippen LogP contribution in [-0.2, 0) is 20.9 Å². The van der Waals surface area contributed by atoms with Gasteiger partial charge in [0.2, 0.25) is 0 Å². The van der Waals surface area contributed by atoms with Crippen molar-refractivity contribution in [2.75, 3.05) is 0 Å². The monoisotopic (exact) mass is 286 g/mol. The molecule has 0 heterocycles. The second kappa shape index (κ2) is 7.89. The van der Waals surface area contributed by atoms with Crippen LogP contribution in [0.4, 0.5) is 0 Å². The highest BCUT2D eigenvalue weighted by atomic mass is 16.5. The molecule has 2 atom stereocenters. The maximum atomic E-state index is 11.7. The highest BCUT2D eigenvalue weighted by Gasteiger charge is 2.18. The quantitative estimate of drug-likeness (QED) is 0.799. The van der Waals surface area contributed by atoms with Gasteiger partial charge in [0, 0.05) is 6.42 Å². The van der Waals surface area contributed by atoms with Crippen LogP contribution in [0.25, 0.3) is 0 Å². The molecular weight excluding hydrogens is 264 g/mol. The summed E-state index contributed by atoms with van der Waals surface area (Å²) >= 11 is 0. The van der Waals surface area contributed by atoms with Crippen molar-refractivity contribution in [1.29, 1.82) is 0 Å². The topological polar surface area (TPSA) is 43.4 Å². The van der Waals surface area contributed by atoms with Crippen LogP contribution < -0.4 is 0 Å². The predicted octanol–water partition coefficient (Wildman–Crippen LogP) is 3.48. The van der Waals surface area contributed by atoms with Crippen LogP contribution in [0.2, 0.25) is 0 Å². The third-order valence-electron chi connectivity index (χ3n) is 3.64. The van der Waals surface area contributed by atoms with E-state index in [-0.39, 0.29) is 30.0 Å². The average molecular weight is 286 g/mol. The number of ketones is 2. The van der Waals surface area contributed by atoms with Crippen molar-refractivity contribution >= 4 is 11.6 Å². The Kier molecular flexibility index (Phi) is 5.88. The van der Waals surface area contributed by atoms with Gasteiger partial charge in [-0.1, -0.05) is 43.3 Å². The van der Waals surface area contributed by atoms with E-state index in [0.29, 0.717) is 13.0 Å². The van der Waals surface area contributed by atoms with E-state index in [9.17, 15) is 9.59 Å². The van der Waals surface area contributed by atoms with Gasteiger partial charge >= 0.3 is 0 Å². The zero-order chi connectivity index (χ0) is 15.1. The summed E-state index contributed by atoms with van der Waals surface area (Å²) in [6, 6.07) is 10.0. The highest BCUT2D eigenvalue weighted by molar-refractivity contribution is 6.04. The van der Waals surface area contributed by atoms with E-state index < -0.39 is 0 Å². The molecular formula is C18H22O3. The molecule has 0 saturated carbocycles. The van der Waals surface area contributed by atoms with Gasteiger partial charge in [0.15, 0.2) is 5.78 Å². The van der Waals surface area contributed by atoms with E-state index in [0.717, 1.165) is 18.4 Å². The van der Waals surface area contributed by atoms with Crippen LogP contribution in [-0.4, -0.2) is 17.7 Å². The molecule has 0 saturated heterocycles. The minimum Gasteiger partial charge on any atom is -0.373 e. The van der Waals surface area contributed by atoms with E-state index in [2.05, 4.69) is 0 Å². The number of hydrogen-bond acceptors (Lipinski definition) is 3. The summed E-state index contributed by atoms with van der Waals surface area (Å²) in [4.78, 5) is 23.3. The molecule has 0 aromatic heterocycles. The number of carbonyl (C=O) groups is 2. The molecule has 1 aliphatic carbocycles. The first kappa shape index (κ1) is 15.6. The van der Waals surface area contributed by atoms with Crippen molar-refractivity contribution in [2.45, 2.75) is 45.3 Å². The molecule has 112 valence electrons. The maximum Gasteiger partial charge on any atom is 0.162 e. The van der Waals surface area contributed by atoms with Crippen LogP contribution >= 0.6 is 0 Å². The van der Waals surface area contributed by atoms with Gasteiger partial charge in [0.05, 0.1) is 19.1 Å². The van der Waals surface area contributed by atoms with E-state index >= 15 is 0 Å². The molecule has 1 aliphatic rings. The van der Waals surface area contributed by atoms with Crippen molar-refractivity contribution in [1.82, 2.24) is 0 Å². The Bertz CT molecular complexity index is 504. The fourth-order valence-electron chi connectivity index (χ4n) is 2.62. The summed E-state index contributed by atoms with van der Waals surface area (Å²) in [5, 5.41) is 0. The lowest BCUT2D eigenvalue weighted by Crippen LogP contribution is -2.20. The minimum atomic E-state index is -0.101. The highest BCUT2D eigenvalue weighted by Crippen LogP contribution is 2.19. The van der Waals surface area contributed by atoms with Crippen molar-refractivity contribution in [2.24, 2.45) is 5.92 Å². The van der Waals surface area contributed by atoms with E-state index in [1.165, 1.54) is 6.08 Å². The third-order valence-corrected chi connectivity index (χ3v) is 3.64. The van der Waals surface area contributed by atoms with Crippen molar-refractivity contribution in [3.8, 4) is 0 Å². The molecule has 2 rings (SSSR count). The van der Waals surface area contributed by atoms with Gasteiger partial charge in [-0.2, -0.15) is 0 Å². The van der Waals surface area contributed by atoms with Gasteiger partial charge in [-0.25, -0.2) is 0 Å². The Morgan fingerprint density at radius 3 is 2.71 bits per heavy atom. The lowest BCUT2D eigenvalue weighted by atomic mass is 9.93. The number of hydrogen-bond donors (Lipinski definition) is 0. The van der Waals surface area contributed by atoms with Gasteiger partial charge in [-0.15, -0.1) is 0 Å². The standard InChI is InChI=1S/C18H22O3/c1-14-10-17(20)12-16(19)8-5-9-18(11-14)21-13-15-6-3-2-4-7-15/h2-8,14,18H,9-13H2,1H3/b8-5+/t14-,18+/m0/s1. The first-order valence-electron chi connectivity index (χ1n) is 7.50. The van der Waals surface area contributed by atoms with E-state index in [1.54, 1.807) is 0 Å². The van der Waals surface area contributed by atoms with Gasteiger partial charge in [-0.05, 0) is 30.4 Å². The van der Waals surface area contributed by atoms with Gasteiger partial charge in [-0.3, -0.25) is 9.59 Å². The molecule has 0 spiro atoms. The summed E-state index contributed by atoms with van der Waals surface area (Å²) in [5.74, 6) is 0.175. The fourth-order valence-corrected chi connectivity index (χ4v) is 2.62. The van der Waals surface area contributed by atoms with Crippen LogP contribution in [0, 0.1) is 5.92 Å². The molecule has 0 bridgehead atoms. The molecule has 3 heteroatoms. The second-order valence-corrected chi connectivity index (χ2v) is 5.78. The first-order valence-corrected chi connectivity index (χ1v) is 7.50. The molecule has 0 N–H and O–H groups in total.